The lowest BCUT2D eigenvalue weighted by molar-refractivity contribution is -0.115. The molecule has 0 aromatic heterocycles. The van der Waals surface area contributed by atoms with Gasteiger partial charge in [0, 0.05) is 29.6 Å². The molecular weight excluding hydrogens is 378 g/mol. The smallest absolute Gasteiger partial charge is 0.225 e. The van der Waals surface area contributed by atoms with Gasteiger partial charge in [0.1, 0.15) is 0 Å². The second-order valence-corrected chi connectivity index (χ2v) is 8.33. The number of nitrogens with one attached hydrogen (secondary N) is 1. The number of carbonyl (C=O) groups excluding carboxylic acids is 1. The van der Waals surface area contributed by atoms with Crippen LogP contribution < -0.4 is 14.8 Å². The molecular formula is C18H18ClNO5S. The SMILES string of the molecule is O=C(CCS(=O)(=O)c1ccc(Cl)cc1)Nc1ccc2c(c1)OCCCO2. The molecule has 0 unspecified atom stereocenters. The van der Waals surface area contributed by atoms with Crippen LogP contribution in [0.5, 0.6) is 11.5 Å². The molecule has 1 aliphatic heterocycles. The third kappa shape index (κ3) is 4.68. The van der Waals surface area contributed by atoms with Crippen molar-refractivity contribution in [1.82, 2.24) is 0 Å². The van der Waals surface area contributed by atoms with Crippen LogP contribution in [-0.2, 0) is 14.6 Å². The van der Waals surface area contributed by atoms with Gasteiger partial charge in [0.2, 0.25) is 5.91 Å². The van der Waals surface area contributed by atoms with E-state index in [1.165, 1.54) is 24.3 Å². The van der Waals surface area contributed by atoms with E-state index in [-0.39, 0.29) is 17.1 Å². The summed E-state index contributed by atoms with van der Waals surface area (Å²) in [5.41, 5.74) is 0.531. The van der Waals surface area contributed by atoms with Gasteiger partial charge in [-0.2, -0.15) is 0 Å². The summed E-state index contributed by atoms with van der Waals surface area (Å²) in [5.74, 6) is 0.516. The van der Waals surface area contributed by atoms with E-state index in [0.717, 1.165) is 6.42 Å². The Bertz CT molecular complexity index is 896. The van der Waals surface area contributed by atoms with Crippen molar-refractivity contribution in [2.75, 3.05) is 24.3 Å². The predicted octanol–water partition coefficient (Wildman–Crippen LogP) is 3.30. The number of hydrogen-bond acceptors (Lipinski definition) is 5. The number of anilines is 1. The Hall–Kier alpha value is -2.25. The third-order valence-electron chi connectivity index (χ3n) is 3.80. The molecule has 6 nitrogen and oxygen atoms in total. The largest absolute Gasteiger partial charge is 0.490 e. The summed E-state index contributed by atoms with van der Waals surface area (Å²) in [6, 6.07) is 11.0. The quantitative estimate of drug-likeness (QED) is 0.839. The van der Waals surface area contributed by atoms with E-state index in [4.69, 9.17) is 21.1 Å². The Labute approximate surface area is 157 Å². The number of halogens is 1. The molecule has 2 aromatic carbocycles. The van der Waals surface area contributed by atoms with Gasteiger partial charge < -0.3 is 14.8 Å². The molecule has 1 aliphatic rings. The van der Waals surface area contributed by atoms with E-state index in [1.54, 1.807) is 18.2 Å². The van der Waals surface area contributed by atoms with Crippen LogP contribution in [0.2, 0.25) is 5.02 Å². The zero-order valence-electron chi connectivity index (χ0n) is 13.9. The Balaban J connectivity index is 1.60. The molecule has 0 saturated heterocycles. The standard InChI is InChI=1S/C18H18ClNO5S/c19-13-2-5-15(6-3-13)26(22,23)11-8-18(21)20-14-4-7-16-17(12-14)25-10-1-9-24-16/h2-7,12H,1,8-11H2,(H,20,21). The molecule has 138 valence electrons. The maximum absolute atomic E-state index is 12.3. The molecule has 0 fully saturated rings. The summed E-state index contributed by atoms with van der Waals surface area (Å²) in [6.07, 6.45) is 0.637. The fraction of sp³-hybridized carbons (Fsp3) is 0.278. The Morgan fingerprint density at radius 3 is 2.46 bits per heavy atom. The predicted molar refractivity (Wildman–Crippen MR) is 98.8 cm³/mol. The molecule has 8 heteroatoms. The van der Waals surface area contributed by atoms with Crippen molar-refractivity contribution in [3.63, 3.8) is 0 Å². The zero-order valence-corrected chi connectivity index (χ0v) is 15.5. The lowest BCUT2D eigenvalue weighted by atomic mass is 10.2. The highest BCUT2D eigenvalue weighted by molar-refractivity contribution is 7.91. The van der Waals surface area contributed by atoms with Crippen LogP contribution in [0.3, 0.4) is 0 Å². The topological polar surface area (TPSA) is 81.7 Å². The van der Waals surface area contributed by atoms with Crippen molar-refractivity contribution >= 4 is 33.0 Å². The number of fused-ring (bicyclic) bond motifs is 1. The molecule has 1 N–H and O–H groups in total. The molecule has 0 atom stereocenters. The first-order valence-electron chi connectivity index (χ1n) is 8.12. The Kier molecular flexibility index (Phi) is 5.68. The summed E-state index contributed by atoms with van der Waals surface area (Å²) in [6.45, 7) is 1.13. The molecule has 1 amide bonds. The first-order valence-corrected chi connectivity index (χ1v) is 10.1. The van der Waals surface area contributed by atoms with Gasteiger partial charge in [0.05, 0.1) is 23.9 Å². The van der Waals surface area contributed by atoms with E-state index in [9.17, 15) is 13.2 Å². The van der Waals surface area contributed by atoms with Crippen molar-refractivity contribution in [2.45, 2.75) is 17.7 Å². The maximum atomic E-state index is 12.3. The van der Waals surface area contributed by atoms with Gasteiger partial charge in [-0.05, 0) is 36.4 Å². The minimum Gasteiger partial charge on any atom is -0.490 e. The van der Waals surface area contributed by atoms with E-state index in [2.05, 4.69) is 5.32 Å². The molecule has 26 heavy (non-hydrogen) atoms. The average molecular weight is 396 g/mol. The molecule has 0 aliphatic carbocycles. The number of carbonyl (C=O) groups is 1. The molecule has 3 rings (SSSR count). The second kappa shape index (κ2) is 7.97. The van der Waals surface area contributed by atoms with E-state index < -0.39 is 15.7 Å². The van der Waals surface area contributed by atoms with Crippen LogP contribution >= 0.6 is 11.6 Å². The summed E-state index contributed by atoms with van der Waals surface area (Å²) >= 11 is 5.76. The minimum absolute atomic E-state index is 0.144. The number of rotatable bonds is 5. The molecule has 0 saturated carbocycles. The van der Waals surface area contributed by atoms with Crippen molar-refractivity contribution in [1.29, 1.82) is 0 Å². The number of hydrogen-bond donors (Lipinski definition) is 1. The minimum atomic E-state index is -3.55. The van der Waals surface area contributed by atoms with Gasteiger partial charge in [-0.1, -0.05) is 11.6 Å². The van der Waals surface area contributed by atoms with Gasteiger partial charge in [-0.3, -0.25) is 4.79 Å². The van der Waals surface area contributed by atoms with Crippen LogP contribution in [0, 0.1) is 0 Å². The summed E-state index contributed by atoms with van der Waals surface area (Å²) in [4.78, 5) is 12.3. The molecule has 0 radical (unpaired) electrons. The molecule has 2 aromatic rings. The van der Waals surface area contributed by atoms with Crippen LogP contribution in [0.1, 0.15) is 12.8 Å². The highest BCUT2D eigenvalue weighted by atomic mass is 35.5. The van der Waals surface area contributed by atoms with Gasteiger partial charge in [0.25, 0.3) is 0 Å². The van der Waals surface area contributed by atoms with Crippen molar-refractivity contribution in [3.8, 4) is 11.5 Å². The molecule has 0 bridgehead atoms. The normalized spacial score (nSPS) is 13.7. The maximum Gasteiger partial charge on any atom is 0.225 e. The van der Waals surface area contributed by atoms with Crippen LogP contribution in [0.4, 0.5) is 5.69 Å². The first-order chi connectivity index (χ1) is 12.4. The fourth-order valence-corrected chi connectivity index (χ4v) is 3.82. The Morgan fingerprint density at radius 2 is 1.73 bits per heavy atom. The Morgan fingerprint density at radius 1 is 1.04 bits per heavy atom. The van der Waals surface area contributed by atoms with Crippen molar-refractivity contribution in [3.05, 3.63) is 47.5 Å². The fourth-order valence-electron chi connectivity index (χ4n) is 2.45. The number of amides is 1. The van der Waals surface area contributed by atoms with Gasteiger partial charge in [-0.25, -0.2) is 8.42 Å². The second-order valence-electron chi connectivity index (χ2n) is 5.78. The molecule has 1 heterocycles. The molecule has 0 spiro atoms. The highest BCUT2D eigenvalue weighted by Gasteiger charge is 2.17. The first kappa shape index (κ1) is 18.5. The van der Waals surface area contributed by atoms with Gasteiger partial charge in [-0.15, -0.1) is 0 Å². The highest BCUT2D eigenvalue weighted by Crippen LogP contribution is 2.32. The summed E-state index contributed by atoms with van der Waals surface area (Å²) in [7, 11) is -3.55. The van der Waals surface area contributed by atoms with Crippen LogP contribution in [0.15, 0.2) is 47.4 Å². The van der Waals surface area contributed by atoms with Crippen LogP contribution in [0.25, 0.3) is 0 Å². The lowest BCUT2D eigenvalue weighted by Gasteiger charge is -2.10. The number of ether oxygens (including phenoxy) is 2. The number of sulfone groups is 1. The van der Waals surface area contributed by atoms with E-state index in [0.29, 0.717) is 35.4 Å². The van der Waals surface area contributed by atoms with Crippen molar-refractivity contribution in [2.24, 2.45) is 0 Å². The third-order valence-corrected chi connectivity index (χ3v) is 5.79. The number of benzene rings is 2. The van der Waals surface area contributed by atoms with Crippen molar-refractivity contribution < 1.29 is 22.7 Å². The van der Waals surface area contributed by atoms with Gasteiger partial charge in [0.15, 0.2) is 21.3 Å². The van der Waals surface area contributed by atoms with E-state index >= 15 is 0 Å². The average Bonchev–Trinajstić information content (AvgIpc) is 2.85. The summed E-state index contributed by atoms with van der Waals surface area (Å²) in [5, 5.41) is 3.14. The van der Waals surface area contributed by atoms with E-state index in [1.807, 2.05) is 0 Å². The lowest BCUT2D eigenvalue weighted by Crippen LogP contribution is -2.17. The van der Waals surface area contributed by atoms with Gasteiger partial charge >= 0.3 is 0 Å². The summed E-state index contributed by atoms with van der Waals surface area (Å²) < 4.78 is 35.6. The van der Waals surface area contributed by atoms with Crippen LogP contribution in [-0.4, -0.2) is 33.3 Å². The monoisotopic (exact) mass is 395 g/mol. The zero-order chi connectivity index (χ0) is 18.6.